The minimum Gasteiger partial charge on any atom is -0.388 e. The van der Waals surface area contributed by atoms with Gasteiger partial charge in [0.25, 0.3) is 0 Å². The highest BCUT2D eigenvalue weighted by molar-refractivity contribution is 7.13. The number of nitrogens with zero attached hydrogens (tertiary/aromatic N) is 2. The van der Waals surface area contributed by atoms with Crippen LogP contribution in [0.25, 0.3) is 10.7 Å². The Bertz CT molecular complexity index is 605. The molecule has 2 aromatic rings. The molecule has 1 fully saturated rings. The Hall–Kier alpha value is -1.73. The first kappa shape index (κ1) is 14.2. The maximum absolute atomic E-state index is 11.7. The molecule has 3 rings (SSSR count). The minimum absolute atomic E-state index is 0.105. The van der Waals surface area contributed by atoms with E-state index >= 15 is 0 Å². The molecule has 7 heteroatoms. The molecule has 0 radical (unpaired) electrons. The standard InChI is InChI=1S/C14H17N3O3S/c18-11(15-9-14(19)6-2-7-14)4-5-12-16-13(17-20-12)10-3-1-8-21-10/h1,3,8,19H,2,4-7,9H2,(H,15,18). The van der Waals surface area contributed by atoms with Gasteiger partial charge in [-0.15, -0.1) is 11.3 Å². The number of hydrogen-bond donors (Lipinski definition) is 2. The number of rotatable bonds is 6. The van der Waals surface area contributed by atoms with E-state index in [0.29, 0.717) is 24.7 Å². The molecule has 0 saturated heterocycles. The van der Waals surface area contributed by atoms with Gasteiger partial charge in [0.15, 0.2) is 0 Å². The second-order valence-corrected chi connectivity index (χ2v) is 6.29. The van der Waals surface area contributed by atoms with Crippen LogP contribution < -0.4 is 5.32 Å². The normalized spacial score (nSPS) is 16.4. The topological polar surface area (TPSA) is 88.2 Å². The Morgan fingerprint density at radius 2 is 2.38 bits per heavy atom. The molecule has 2 aromatic heterocycles. The summed E-state index contributed by atoms with van der Waals surface area (Å²) in [6, 6.07) is 3.85. The molecule has 6 nitrogen and oxygen atoms in total. The molecule has 112 valence electrons. The van der Waals surface area contributed by atoms with Crippen molar-refractivity contribution in [3.8, 4) is 10.7 Å². The third-order valence-corrected chi connectivity index (χ3v) is 4.54. The van der Waals surface area contributed by atoms with Crippen molar-refractivity contribution in [3.05, 3.63) is 23.4 Å². The molecule has 0 aromatic carbocycles. The van der Waals surface area contributed by atoms with Gasteiger partial charge in [-0.25, -0.2) is 0 Å². The smallest absolute Gasteiger partial charge is 0.227 e. The van der Waals surface area contributed by atoms with Crippen molar-refractivity contribution < 1.29 is 14.4 Å². The molecule has 0 spiro atoms. The van der Waals surface area contributed by atoms with Gasteiger partial charge in [0.2, 0.25) is 17.6 Å². The number of aliphatic hydroxyl groups is 1. The lowest BCUT2D eigenvalue weighted by Crippen LogP contribution is -2.47. The van der Waals surface area contributed by atoms with Crippen LogP contribution in [-0.4, -0.2) is 33.3 Å². The maximum atomic E-state index is 11.7. The van der Waals surface area contributed by atoms with Gasteiger partial charge >= 0.3 is 0 Å². The van der Waals surface area contributed by atoms with Crippen LogP contribution in [0.4, 0.5) is 0 Å². The molecule has 1 aliphatic rings. The first-order valence-corrected chi connectivity index (χ1v) is 7.88. The van der Waals surface area contributed by atoms with Crippen LogP contribution in [-0.2, 0) is 11.2 Å². The summed E-state index contributed by atoms with van der Waals surface area (Å²) in [5.41, 5.74) is -0.688. The first-order valence-electron chi connectivity index (χ1n) is 7.00. The van der Waals surface area contributed by atoms with E-state index in [1.807, 2.05) is 17.5 Å². The Morgan fingerprint density at radius 1 is 1.52 bits per heavy atom. The lowest BCUT2D eigenvalue weighted by molar-refractivity contribution is -0.123. The number of amides is 1. The van der Waals surface area contributed by atoms with Crippen molar-refractivity contribution >= 4 is 17.2 Å². The van der Waals surface area contributed by atoms with E-state index in [-0.39, 0.29) is 12.3 Å². The largest absolute Gasteiger partial charge is 0.388 e. The van der Waals surface area contributed by atoms with Gasteiger partial charge in [0, 0.05) is 19.4 Å². The van der Waals surface area contributed by atoms with Crippen LogP contribution in [0.5, 0.6) is 0 Å². The average molecular weight is 307 g/mol. The minimum atomic E-state index is -0.688. The third-order valence-electron chi connectivity index (χ3n) is 3.67. The highest BCUT2D eigenvalue weighted by atomic mass is 32.1. The molecule has 0 bridgehead atoms. The lowest BCUT2D eigenvalue weighted by Gasteiger charge is -2.36. The Balaban J connectivity index is 1.45. The summed E-state index contributed by atoms with van der Waals surface area (Å²) in [5.74, 6) is 0.909. The summed E-state index contributed by atoms with van der Waals surface area (Å²) in [5, 5.41) is 18.5. The molecule has 1 saturated carbocycles. The van der Waals surface area contributed by atoms with E-state index < -0.39 is 5.60 Å². The molecule has 1 aliphatic carbocycles. The fourth-order valence-corrected chi connectivity index (χ4v) is 2.85. The Morgan fingerprint density at radius 3 is 3.05 bits per heavy atom. The van der Waals surface area contributed by atoms with Crippen LogP contribution in [0.3, 0.4) is 0 Å². The monoisotopic (exact) mass is 307 g/mol. The highest BCUT2D eigenvalue weighted by Crippen LogP contribution is 2.30. The summed E-state index contributed by atoms with van der Waals surface area (Å²) in [4.78, 5) is 16.9. The quantitative estimate of drug-likeness (QED) is 0.849. The van der Waals surface area contributed by atoms with Crippen molar-refractivity contribution in [1.82, 2.24) is 15.5 Å². The zero-order valence-electron chi connectivity index (χ0n) is 11.5. The summed E-state index contributed by atoms with van der Waals surface area (Å²) in [6.45, 7) is 0.329. The Kier molecular flexibility index (Phi) is 4.03. The molecular formula is C14H17N3O3S. The van der Waals surface area contributed by atoms with Gasteiger partial charge in [0.1, 0.15) is 0 Å². The predicted molar refractivity (Wildman–Crippen MR) is 77.7 cm³/mol. The summed E-state index contributed by atoms with van der Waals surface area (Å²) in [6.07, 6.45) is 3.24. The molecule has 0 unspecified atom stereocenters. The Labute approximate surface area is 126 Å². The number of carbonyl (C=O) groups is 1. The van der Waals surface area contributed by atoms with Crippen LogP contribution in [0, 0.1) is 0 Å². The first-order chi connectivity index (χ1) is 10.1. The van der Waals surface area contributed by atoms with E-state index in [1.165, 1.54) is 0 Å². The maximum Gasteiger partial charge on any atom is 0.227 e. The van der Waals surface area contributed by atoms with Gasteiger partial charge in [0.05, 0.1) is 10.5 Å². The van der Waals surface area contributed by atoms with Crippen LogP contribution >= 0.6 is 11.3 Å². The molecule has 0 atom stereocenters. The van der Waals surface area contributed by atoms with Crippen LogP contribution in [0.2, 0.25) is 0 Å². The molecule has 2 N–H and O–H groups in total. The van der Waals surface area contributed by atoms with Gasteiger partial charge in [-0.1, -0.05) is 11.2 Å². The van der Waals surface area contributed by atoms with Crippen LogP contribution in [0.1, 0.15) is 31.6 Å². The lowest BCUT2D eigenvalue weighted by atomic mass is 9.80. The number of aromatic nitrogens is 2. The number of nitrogens with one attached hydrogen (secondary N) is 1. The summed E-state index contributed by atoms with van der Waals surface area (Å²) < 4.78 is 5.13. The van der Waals surface area contributed by atoms with Crippen molar-refractivity contribution in [3.63, 3.8) is 0 Å². The van der Waals surface area contributed by atoms with Gasteiger partial charge < -0.3 is 14.9 Å². The highest BCUT2D eigenvalue weighted by Gasteiger charge is 2.34. The van der Waals surface area contributed by atoms with Crippen LogP contribution in [0.15, 0.2) is 22.0 Å². The molecular weight excluding hydrogens is 290 g/mol. The van der Waals surface area contributed by atoms with Gasteiger partial charge in [-0.05, 0) is 30.7 Å². The van der Waals surface area contributed by atoms with Gasteiger partial charge in [-0.3, -0.25) is 4.79 Å². The molecule has 2 heterocycles. The van der Waals surface area contributed by atoms with Crippen molar-refractivity contribution in [2.24, 2.45) is 0 Å². The van der Waals surface area contributed by atoms with E-state index in [9.17, 15) is 9.90 Å². The third kappa shape index (κ3) is 3.48. The fraction of sp³-hybridized carbons (Fsp3) is 0.500. The molecule has 0 aliphatic heterocycles. The average Bonchev–Trinajstić information content (AvgIpc) is 3.10. The van der Waals surface area contributed by atoms with Crippen molar-refractivity contribution in [1.29, 1.82) is 0 Å². The fourth-order valence-electron chi connectivity index (χ4n) is 2.20. The molecule has 1 amide bonds. The number of carbonyl (C=O) groups excluding carboxylic acids is 1. The van der Waals surface area contributed by atoms with E-state index in [0.717, 1.165) is 24.1 Å². The second-order valence-electron chi connectivity index (χ2n) is 5.34. The molecule has 21 heavy (non-hydrogen) atoms. The van der Waals surface area contributed by atoms with E-state index in [4.69, 9.17) is 4.52 Å². The number of thiophene rings is 1. The zero-order valence-corrected chi connectivity index (χ0v) is 12.4. The number of aryl methyl sites for hydroxylation is 1. The second kappa shape index (κ2) is 5.95. The number of hydrogen-bond acceptors (Lipinski definition) is 6. The van der Waals surface area contributed by atoms with Crippen molar-refractivity contribution in [2.45, 2.75) is 37.7 Å². The van der Waals surface area contributed by atoms with Gasteiger partial charge in [-0.2, -0.15) is 4.98 Å². The van der Waals surface area contributed by atoms with E-state index in [1.54, 1.807) is 11.3 Å². The zero-order chi connectivity index (χ0) is 14.7. The SMILES string of the molecule is O=C(CCc1nc(-c2cccs2)no1)NCC1(O)CCC1. The predicted octanol–water partition coefficient (Wildman–Crippen LogP) is 1.76. The summed E-state index contributed by atoms with van der Waals surface area (Å²) in [7, 11) is 0. The summed E-state index contributed by atoms with van der Waals surface area (Å²) >= 11 is 1.54. The van der Waals surface area contributed by atoms with Crippen molar-refractivity contribution in [2.75, 3.05) is 6.54 Å². The van der Waals surface area contributed by atoms with E-state index in [2.05, 4.69) is 15.5 Å².